The number of aromatic nitrogens is 2. The van der Waals surface area contributed by atoms with Crippen molar-refractivity contribution in [1.29, 1.82) is 0 Å². The quantitative estimate of drug-likeness (QED) is 0.843. The van der Waals surface area contributed by atoms with E-state index in [4.69, 9.17) is 11.6 Å². The van der Waals surface area contributed by atoms with Gasteiger partial charge in [-0.3, -0.25) is 4.79 Å². The number of anilines is 1. The number of pyridine rings is 2. The van der Waals surface area contributed by atoms with E-state index >= 15 is 0 Å². The number of rotatable bonds is 2. The first-order chi connectivity index (χ1) is 11.1. The monoisotopic (exact) mass is 338 g/mol. The van der Waals surface area contributed by atoms with E-state index in [0.717, 1.165) is 6.20 Å². The molecule has 0 bridgehead atoms. The fraction of sp³-hybridized carbons (Fsp3) is 0.267. The van der Waals surface area contributed by atoms with E-state index in [9.17, 15) is 13.6 Å². The summed E-state index contributed by atoms with van der Waals surface area (Å²) < 4.78 is 26.5. The molecular weight excluding hydrogens is 326 g/mol. The van der Waals surface area contributed by atoms with Crippen molar-refractivity contribution in [3.63, 3.8) is 0 Å². The van der Waals surface area contributed by atoms with Crippen LogP contribution in [-0.2, 0) is 0 Å². The van der Waals surface area contributed by atoms with Crippen molar-refractivity contribution >= 4 is 23.3 Å². The predicted molar refractivity (Wildman–Crippen MR) is 81.5 cm³/mol. The molecule has 0 saturated carbocycles. The second kappa shape index (κ2) is 6.45. The lowest BCUT2D eigenvalue weighted by molar-refractivity contribution is 0.0735. The van der Waals surface area contributed by atoms with Crippen molar-refractivity contribution in [3.8, 4) is 0 Å². The van der Waals surface area contributed by atoms with E-state index in [2.05, 4.69) is 9.97 Å². The zero-order valence-electron chi connectivity index (χ0n) is 12.0. The third kappa shape index (κ3) is 3.24. The van der Waals surface area contributed by atoms with Gasteiger partial charge in [0.15, 0.2) is 11.5 Å². The summed E-state index contributed by atoms with van der Waals surface area (Å²) in [5.74, 6) is -1.65. The summed E-state index contributed by atoms with van der Waals surface area (Å²) in [6, 6.07) is 4.15. The van der Waals surface area contributed by atoms with Crippen LogP contribution in [0.4, 0.5) is 14.6 Å². The number of hydrogen-bond donors (Lipinski definition) is 0. The molecule has 5 nitrogen and oxygen atoms in total. The lowest BCUT2D eigenvalue weighted by atomic mass is 10.2. The zero-order chi connectivity index (χ0) is 16.4. The van der Waals surface area contributed by atoms with Gasteiger partial charge < -0.3 is 9.80 Å². The molecule has 0 radical (unpaired) electrons. The molecule has 23 heavy (non-hydrogen) atoms. The van der Waals surface area contributed by atoms with Crippen molar-refractivity contribution in [2.45, 2.75) is 0 Å². The SMILES string of the molecule is O=C(c1ncc(F)cc1F)N1CCN(c2ncccc2Cl)CC1. The van der Waals surface area contributed by atoms with Crippen LogP contribution in [0, 0.1) is 11.6 Å². The van der Waals surface area contributed by atoms with Crippen LogP contribution in [0.2, 0.25) is 5.02 Å². The topological polar surface area (TPSA) is 49.3 Å². The van der Waals surface area contributed by atoms with Crippen molar-refractivity contribution in [2.24, 2.45) is 0 Å². The van der Waals surface area contributed by atoms with E-state index < -0.39 is 17.5 Å². The highest BCUT2D eigenvalue weighted by Gasteiger charge is 2.26. The van der Waals surface area contributed by atoms with Crippen LogP contribution in [0.25, 0.3) is 0 Å². The van der Waals surface area contributed by atoms with E-state index in [1.165, 1.54) is 4.90 Å². The standard InChI is InChI=1S/C15H13ClF2N4O/c16-11-2-1-3-19-14(11)21-4-6-22(7-5-21)15(23)13-12(18)8-10(17)9-20-13/h1-3,8-9H,4-7H2. The lowest BCUT2D eigenvalue weighted by Gasteiger charge is -2.35. The highest BCUT2D eigenvalue weighted by atomic mass is 35.5. The Bertz CT molecular complexity index is 735. The summed E-state index contributed by atoms with van der Waals surface area (Å²) in [5, 5.41) is 0.540. The first-order valence-corrected chi connectivity index (χ1v) is 7.40. The van der Waals surface area contributed by atoms with Crippen LogP contribution in [0.3, 0.4) is 0 Å². The Morgan fingerprint density at radius 3 is 2.57 bits per heavy atom. The van der Waals surface area contributed by atoms with Gasteiger partial charge in [-0.2, -0.15) is 0 Å². The van der Waals surface area contributed by atoms with Gasteiger partial charge in [0.2, 0.25) is 0 Å². The van der Waals surface area contributed by atoms with Crippen LogP contribution in [-0.4, -0.2) is 47.0 Å². The van der Waals surface area contributed by atoms with Crippen LogP contribution in [0.5, 0.6) is 0 Å². The molecule has 0 unspecified atom stereocenters. The van der Waals surface area contributed by atoms with Crippen molar-refractivity contribution < 1.29 is 13.6 Å². The molecule has 1 aliphatic rings. The average molecular weight is 339 g/mol. The van der Waals surface area contributed by atoms with Gasteiger partial charge in [-0.05, 0) is 12.1 Å². The van der Waals surface area contributed by atoms with Crippen molar-refractivity contribution in [3.05, 3.63) is 52.9 Å². The fourth-order valence-corrected chi connectivity index (χ4v) is 2.69. The van der Waals surface area contributed by atoms with Gasteiger partial charge in [-0.15, -0.1) is 0 Å². The summed E-state index contributed by atoms with van der Waals surface area (Å²) in [6.45, 7) is 1.80. The Balaban J connectivity index is 1.69. The second-order valence-corrected chi connectivity index (χ2v) is 5.48. The van der Waals surface area contributed by atoms with Gasteiger partial charge in [0.05, 0.1) is 11.2 Å². The molecule has 8 heteroatoms. The summed E-state index contributed by atoms with van der Waals surface area (Å²) in [5.41, 5.74) is -0.365. The summed E-state index contributed by atoms with van der Waals surface area (Å²) in [4.78, 5) is 23.5. The summed E-state index contributed by atoms with van der Waals surface area (Å²) in [6.07, 6.45) is 2.48. The van der Waals surface area contributed by atoms with Gasteiger partial charge in [0.25, 0.3) is 5.91 Å². The van der Waals surface area contributed by atoms with Crippen molar-refractivity contribution in [2.75, 3.05) is 31.1 Å². The summed E-state index contributed by atoms with van der Waals surface area (Å²) >= 11 is 6.11. The smallest absolute Gasteiger partial charge is 0.275 e. The second-order valence-electron chi connectivity index (χ2n) is 5.07. The molecule has 3 rings (SSSR count). The Hall–Kier alpha value is -2.28. The normalized spacial score (nSPS) is 14.9. The predicted octanol–water partition coefficient (Wildman–Crippen LogP) is 2.37. The maximum absolute atomic E-state index is 13.7. The zero-order valence-corrected chi connectivity index (χ0v) is 12.8. The van der Waals surface area contributed by atoms with Gasteiger partial charge in [0.1, 0.15) is 11.6 Å². The van der Waals surface area contributed by atoms with Crippen LogP contribution in [0.15, 0.2) is 30.6 Å². The fourth-order valence-electron chi connectivity index (χ4n) is 2.45. The van der Waals surface area contributed by atoms with Gasteiger partial charge in [-0.1, -0.05) is 11.6 Å². The molecular formula is C15H13ClF2N4O. The van der Waals surface area contributed by atoms with E-state index in [0.29, 0.717) is 43.1 Å². The van der Waals surface area contributed by atoms with Gasteiger partial charge in [-0.25, -0.2) is 18.7 Å². The molecule has 0 atom stereocenters. The number of carbonyl (C=O) groups excluding carboxylic acids is 1. The summed E-state index contributed by atoms with van der Waals surface area (Å²) in [7, 11) is 0. The van der Waals surface area contributed by atoms with E-state index in [1.807, 2.05) is 4.90 Å². The number of nitrogens with zero attached hydrogens (tertiary/aromatic N) is 4. The molecule has 120 valence electrons. The molecule has 1 saturated heterocycles. The minimum absolute atomic E-state index is 0.365. The maximum Gasteiger partial charge on any atom is 0.275 e. The number of halogens is 3. The van der Waals surface area contributed by atoms with E-state index in [-0.39, 0.29) is 5.69 Å². The van der Waals surface area contributed by atoms with Crippen LogP contribution >= 0.6 is 11.6 Å². The molecule has 1 fully saturated rings. The molecule has 3 heterocycles. The van der Waals surface area contributed by atoms with Crippen LogP contribution in [0.1, 0.15) is 10.5 Å². The van der Waals surface area contributed by atoms with E-state index in [1.54, 1.807) is 18.3 Å². The number of piperazine rings is 1. The molecule has 0 spiro atoms. The molecule has 0 aromatic carbocycles. The molecule has 1 aliphatic heterocycles. The van der Waals surface area contributed by atoms with Gasteiger partial charge in [0, 0.05) is 38.4 Å². The largest absolute Gasteiger partial charge is 0.352 e. The minimum Gasteiger partial charge on any atom is -0.352 e. The first kappa shape index (κ1) is 15.6. The minimum atomic E-state index is -0.954. The number of amides is 1. The Morgan fingerprint density at radius 2 is 1.91 bits per heavy atom. The number of carbonyl (C=O) groups is 1. The third-order valence-electron chi connectivity index (χ3n) is 3.62. The Kier molecular flexibility index (Phi) is 4.38. The highest BCUT2D eigenvalue weighted by Crippen LogP contribution is 2.23. The Labute approximate surface area is 136 Å². The average Bonchev–Trinajstić information content (AvgIpc) is 2.55. The highest BCUT2D eigenvalue weighted by molar-refractivity contribution is 6.32. The number of hydrogen-bond acceptors (Lipinski definition) is 4. The third-order valence-corrected chi connectivity index (χ3v) is 3.91. The lowest BCUT2D eigenvalue weighted by Crippen LogP contribution is -2.49. The van der Waals surface area contributed by atoms with Crippen molar-refractivity contribution in [1.82, 2.24) is 14.9 Å². The molecule has 2 aromatic rings. The van der Waals surface area contributed by atoms with Crippen LogP contribution < -0.4 is 4.90 Å². The molecule has 2 aromatic heterocycles. The first-order valence-electron chi connectivity index (χ1n) is 7.02. The van der Waals surface area contributed by atoms with Gasteiger partial charge >= 0.3 is 0 Å². The molecule has 1 amide bonds. The molecule has 0 aliphatic carbocycles. The molecule has 0 N–H and O–H groups in total. The Morgan fingerprint density at radius 1 is 1.17 bits per heavy atom. The maximum atomic E-state index is 13.7.